The Bertz CT molecular complexity index is 1030. The summed E-state index contributed by atoms with van der Waals surface area (Å²) in [5, 5.41) is 2.78. The number of amides is 2. The van der Waals surface area contributed by atoms with Gasteiger partial charge >= 0.3 is 0 Å². The Morgan fingerprint density at radius 3 is 2.33 bits per heavy atom. The minimum Gasteiger partial charge on any atom is -0.497 e. The van der Waals surface area contributed by atoms with Gasteiger partial charge in [-0.25, -0.2) is 8.42 Å². The Labute approximate surface area is 196 Å². The molecular formula is C24H33N3O5S. The lowest BCUT2D eigenvalue weighted by molar-refractivity contribution is -0.139. The van der Waals surface area contributed by atoms with Gasteiger partial charge in [0.15, 0.2) is 0 Å². The Morgan fingerprint density at radius 1 is 1.06 bits per heavy atom. The first-order chi connectivity index (χ1) is 15.7. The number of methoxy groups -OCH3 is 1. The van der Waals surface area contributed by atoms with Crippen molar-refractivity contribution >= 4 is 27.5 Å². The third-order valence-corrected chi connectivity index (χ3v) is 6.38. The van der Waals surface area contributed by atoms with E-state index in [-0.39, 0.29) is 12.5 Å². The molecule has 0 aromatic heterocycles. The molecule has 0 aliphatic rings. The molecule has 2 aromatic carbocycles. The smallest absolute Gasteiger partial charge is 0.244 e. The summed E-state index contributed by atoms with van der Waals surface area (Å²) in [6.07, 6.45) is 2.00. The molecule has 8 nitrogen and oxygen atoms in total. The molecule has 2 rings (SSSR count). The van der Waals surface area contributed by atoms with Crippen molar-refractivity contribution in [3.8, 4) is 5.75 Å². The van der Waals surface area contributed by atoms with Crippen LogP contribution in [0.25, 0.3) is 0 Å². The van der Waals surface area contributed by atoms with Crippen LogP contribution in [0, 0.1) is 0 Å². The van der Waals surface area contributed by atoms with Crippen molar-refractivity contribution < 1.29 is 22.7 Å². The zero-order valence-corrected chi connectivity index (χ0v) is 20.5. The number of hydrogen-bond donors (Lipinski definition) is 1. The van der Waals surface area contributed by atoms with Crippen molar-refractivity contribution in [2.24, 2.45) is 0 Å². The van der Waals surface area contributed by atoms with Gasteiger partial charge in [0, 0.05) is 19.2 Å². The van der Waals surface area contributed by atoms with E-state index in [9.17, 15) is 18.0 Å². The number of ether oxygens (including phenoxy) is 1. The Kier molecular flexibility index (Phi) is 9.72. The van der Waals surface area contributed by atoms with Crippen LogP contribution in [0.3, 0.4) is 0 Å². The van der Waals surface area contributed by atoms with Crippen LogP contribution >= 0.6 is 0 Å². The molecule has 0 heterocycles. The Balaban J connectivity index is 2.35. The number of nitrogens with zero attached hydrogens (tertiary/aromatic N) is 2. The second-order valence-corrected chi connectivity index (χ2v) is 9.52. The van der Waals surface area contributed by atoms with Crippen molar-refractivity contribution in [3.05, 3.63) is 60.2 Å². The van der Waals surface area contributed by atoms with E-state index in [1.54, 1.807) is 24.3 Å². The number of likely N-dealkylation sites (N-methyl/N-ethyl adjacent to an activating group) is 1. The molecule has 0 bridgehead atoms. The van der Waals surface area contributed by atoms with Crippen molar-refractivity contribution in [3.63, 3.8) is 0 Å². The Hall–Kier alpha value is -3.07. The third-order valence-electron chi connectivity index (χ3n) is 5.24. The maximum Gasteiger partial charge on any atom is 0.244 e. The van der Waals surface area contributed by atoms with Crippen LogP contribution in [0.15, 0.2) is 54.6 Å². The SMILES string of the molecule is CCNC(=O)[C@H](CC)N(CCc1ccccc1)C(=O)CN(c1cccc(OC)c1)S(C)(=O)=O. The minimum atomic E-state index is -3.77. The molecule has 0 saturated heterocycles. The van der Waals surface area contributed by atoms with Crippen molar-refractivity contribution in [2.75, 3.05) is 37.3 Å². The molecule has 0 fully saturated rings. The number of carbonyl (C=O) groups is 2. The predicted octanol–water partition coefficient (Wildman–Crippen LogP) is 2.45. The molecule has 0 radical (unpaired) electrons. The summed E-state index contributed by atoms with van der Waals surface area (Å²) in [7, 11) is -2.29. The summed E-state index contributed by atoms with van der Waals surface area (Å²) >= 11 is 0. The van der Waals surface area contributed by atoms with Crippen LogP contribution < -0.4 is 14.4 Å². The van der Waals surface area contributed by atoms with E-state index >= 15 is 0 Å². The zero-order chi connectivity index (χ0) is 24.4. The van der Waals surface area contributed by atoms with Gasteiger partial charge in [-0.1, -0.05) is 43.3 Å². The minimum absolute atomic E-state index is 0.256. The molecule has 0 spiro atoms. The summed E-state index contributed by atoms with van der Waals surface area (Å²) in [5.41, 5.74) is 1.34. The quantitative estimate of drug-likeness (QED) is 0.509. The van der Waals surface area contributed by atoms with Gasteiger partial charge in [0.2, 0.25) is 21.8 Å². The molecule has 9 heteroatoms. The molecule has 0 aliphatic heterocycles. The van der Waals surface area contributed by atoms with Crippen molar-refractivity contribution in [1.82, 2.24) is 10.2 Å². The normalized spacial score (nSPS) is 12.0. The number of anilines is 1. The van der Waals surface area contributed by atoms with E-state index in [1.807, 2.05) is 44.2 Å². The first-order valence-electron chi connectivity index (χ1n) is 10.9. The number of benzene rings is 2. The fraction of sp³-hybridized carbons (Fsp3) is 0.417. The largest absolute Gasteiger partial charge is 0.497 e. The summed E-state index contributed by atoms with van der Waals surface area (Å²) in [4.78, 5) is 27.7. The molecule has 1 N–H and O–H groups in total. The highest BCUT2D eigenvalue weighted by Gasteiger charge is 2.31. The van der Waals surface area contributed by atoms with Crippen LogP contribution in [-0.2, 0) is 26.0 Å². The van der Waals surface area contributed by atoms with E-state index in [4.69, 9.17) is 4.74 Å². The summed E-state index contributed by atoms with van der Waals surface area (Å²) in [6, 6.07) is 15.5. The van der Waals surface area contributed by atoms with Gasteiger partial charge in [-0.2, -0.15) is 0 Å². The number of carbonyl (C=O) groups excluding carboxylic acids is 2. The topological polar surface area (TPSA) is 96.0 Å². The molecule has 2 amide bonds. The zero-order valence-electron chi connectivity index (χ0n) is 19.7. The van der Waals surface area contributed by atoms with E-state index < -0.39 is 28.5 Å². The number of rotatable bonds is 12. The highest BCUT2D eigenvalue weighted by Crippen LogP contribution is 2.23. The van der Waals surface area contributed by atoms with E-state index in [0.717, 1.165) is 16.1 Å². The first kappa shape index (κ1) is 26.2. The fourth-order valence-electron chi connectivity index (χ4n) is 3.57. The van der Waals surface area contributed by atoms with Gasteiger partial charge in [-0.15, -0.1) is 0 Å². The van der Waals surface area contributed by atoms with Crippen LogP contribution in [0.1, 0.15) is 25.8 Å². The summed E-state index contributed by atoms with van der Waals surface area (Å²) < 4.78 is 31.4. The standard InChI is InChI=1S/C24H33N3O5S/c1-5-22(24(29)25-6-2)26(16-15-19-11-8-7-9-12-19)23(28)18-27(33(4,30)31)20-13-10-14-21(17-20)32-3/h7-14,17,22H,5-6,15-16,18H2,1-4H3,(H,25,29)/t22-/m0/s1. The predicted molar refractivity (Wildman–Crippen MR) is 130 cm³/mol. The van der Waals surface area contributed by atoms with E-state index in [0.29, 0.717) is 30.8 Å². The Morgan fingerprint density at radius 2 is 1.76 bits per heavy atom. The van der Waals surface area contributed by atoms with Crippen LogP contribution in [0.5, 0.6) is 5.75 Å². The number of nitrogens with one attached hydrogen (secondary N) is 1. The molecule has 2 aromatic rings. The van der Waals surface area contributed by atoms with Gasteiger partial charge in [-0.05, 0) is 37.5 Å². The summed E-state index contributed by atoms with van der Waals surface area (Å²) in [5.74, 6) is -0.228. The number of sulfonamides is 1. The van der Waals surface area contributed by atoms with Crippen molar-refractivity contribution in [2.45, 2.75) is 32.7 Å². The molecule has 33 heavy (non-hydrogen) atoms. The second-order valence-electron chi connectivity index (χ2n) is 7.61. The monoisotopic (exact) mass is 475 g/mol. The van der Waals surface area contributed by atoms with Gasteiger partial charge in [0.05, 0.1) is 19.1 Å². The average Bonchev–Trinajstić information content (AvgIpc) is 2.80. The second kappa shape index (κ2) is 12.2. The highest BCUT2D eigenvalue weighted by atomic mass is 32.2. The van der Waals surface area contributed by atoms with Crippen LogP contribution in [-0.4, -0.2) is 64.2 Å². The fourth-order valence-corrected chi connectivity index (χ4v) is 4.41. The van der Waals surface area contributed by atoms with Gasteiger partial charge in [0.25, 0.3) is 0 Å². The average molecular weight is 476 g/mol. The molecule has 0 unspecified atom stereocenters. The van der Waals surface area contributed by atoms with E-state index in [1.165, 1.54) is 12.0 Å². The molecular weight excluding hydrogens is 442 g/mol. The number of hydrogen-bond acceptors (Lipinski definition) is 5. The molecule has 1 atom stereocenters. The molecule has 0 aliphatic carbocycles. The van der Waals surface area contributed by atoms with E-state index in [2.05, 4.69) is 5.32 Å². The summed E-state index contributed by atoms with van der Waals surface area (Å²) in [6.45, 7) is 3.95. The van der Waals surface area contributed by atoms with Crippen molar-refractivity contribution in [1.29, 1.82) is 0 Å². The van der Waals surface area contributed by atoms with Gasteiger partial charge in [0.1, 0.15) is 18.3 Å². The van der Waals surface area contributed by atoms with Crippen LogP contribution in [0.2, 0.25) is 0 Å². The van der Waals surface area contributed by atoms with Crippen LogP contribution in [0.4, 0.5) is 5.69 Å². The molecule has 180 valence electrons. The maximum atomic E-state index is 13.5. The maximum absolute atomic E-state index is 13.5. The third kappa shape index (κ3) is 7.49. The van der Waals surface area contributed by atoms with Gasteiger partial charge < -0.3 is 15.0 Å². The molecule has 0 saturated carbocycles. The lowest BCUT2D eigenvalue weighted by Crippen LogP contribution is -2.53. The lowest BCUT2D eigenvalue weighted by atomic mass is 10.1. The lowest BCUT2D eigenvalue weighted by Gasteiger charge is -2.32. The highest BCUT2D eigenvalue weighted by molar-refractivity contribution is 7.92. The van der Waals surface area contributed by atoms with Gasteiger partial charge in [-0.3, -0.25) is 13.9 Å². The first-order valence-corrected chi connectivity index (χ1v) is 12.8.